The summed E-state index contributed by atoms with van der Waals surface area (Å²) in [4.78, 5) is 20.2. The van der Waals surface area contributed by atoms with Crippen LogP contribution < -0.4 is 10.4 Å². The molecule has 0 spiro atoms. The standard InChI is InChI=1S/C10H18O6Si2/c1-13-17(11,14-2)9-5-7-10(8-6-9)18(12,15-3)16-4/h5-8,11-12H,1-4H3. The summed E-state index contributed by atoms with van der Waals surface area (Å²) < 4.78 is 20.0. The molecule has 0 unspecified atom stereocenters. The largest absolute Gasteiger partial charge is 0.533 e. The van der Waals surface area contributed by atoms with Crippen molar-refractivity contribution in [3.8, 4) is 0 Å². The molecular weight excluding hydrogens is 272 g/mol. The zero-order valence-electron chi connectivity index (χ0n) is 10.8. The summed E-state index contributed by atoms with van der Waals surface area (Å²) >= 11 is 0. The van der Waals surface area contributed by atoms with Gasteiger partial charge in [0.25, 0.3) is 0 Å². The Labute approximate surface area is 108 Å². The minimum absolute atomic E-state index is 0.541. The average Bonchev–Trinajstić information content (AvgIpc) is 2.45. The van der Waals surface area contributed by atoms with E-state index in [9.17, 15) is 9.59 Å². The van der Waals surface area contributed by atoms with Crippen molar-refractivity contribution in [3.63, 3.8) is 0 Å². The second-order valence-corrected chi connectivity index (χ2v) is 8.67. The van der Waals surface area contributed by atoms with Gasteiger partial charge in [-0.3, -0.25) is 0 Å². The van der Waals surface area contributed by atoms with Gasteiger partial charge in [-0.25, -0.2) is 0 Å². The third kappa shape index (κ3) is 2.87. The highest BCUT2D eigenvalue weighted by molar-refractivity contribution is 6.75. The second-order valence-electron chi connectivity index (χ2n) is 3.56. The fourth-order valence-electron chi connectivity index (χ4n) is 1.53. The van der Waals surface area contributed by atoms with Gasteiger partial charge in [-0.2, -0.15) is 0 Å². The van der Waals surface area contributed by atoms with E-state index in [1.54, 1.807) is 24.3 Å². The molecule has 1 rings (SSSR count). The molecule has 0 aliphatic heterocycles. The van der Waals surface area contributed by atoms with Crippen molar-refractivity contribution >= 4 is 28.0 Å². The molecule has 18 heavy (non-hydrogen) atoms. The van der Waals surface area contributed by atoms with Gasteiger partial charge in [-0.1, -0.05) is 24.3 Å². The first-order valence-corrected chi connectivity index (χ1v) is 8.75. The summed E-state index contributed by atoms with van der Waals surface area (Å²) in [6, 6.07) is 6.52. The SMILES string of the molecule is CO[Si](O)(OC)c1ccc([Si](O)(OC)OC)cc1. The van der Waals surface area contributed by atoms with Gasteiger partial charge in [0.1, 0.15) is 0 Å². The van der Waals surface area contributed by atoms with Gasteiger partial charge in [-0.15, -0.1) is 0 Å². The van der Waals surface area contributed by atoms with E-state index in [1.165, 1.54) is 28.4 Å². The zero-order valence-corrected chi connectivity index (χ0v) is 12.8. The summed E-state index contributed by atoms with van der Waals surface area (Å²) in [5, 5.41) is 1.08. The van der Waals surface area contributed by atoms with Gasteiger partial charge in [0.2, 0.25) is 0 Å². The fourth-order valence-corrected chi connectivity index (χ4v) is 3.98. The molecule has 8 heteroatoms. The van der Waals surface area contributed by atoms with Crippen LogP contribution in [0, 0.1) is 0 Å². The van der Waals surface area contributed by atoms with Gasteiger partial charge >= 0.3 is 17.6 Å². The Morgan fingerprint density at radius 2 is 0.889 bits per heavy atom. The minimum Gasteiger partial charge on any atom is -0.386 e. The Morgan fingerprint density at radius 3 is 1.06 bits per heavy atom. The van der Waals surface area contributed by atoms with Crippen LogP contribution in [-0.2, 0) is 17.7 Å². The van der Waals surface area contributed by atoms with E-state index in [0.29, 0.717) is 10.4 Å². The summed E-state index contributed by atoms with van der Waals surface area (Å²) in [6.45, 7) is 0. The lowest BCUT2D eigenvalue weighted by Crippen LogP contribution is -2.55. The number of rotatable bonds is 6. The van der Waals surface area contributed by atoms with Crippen molar-refractivity contribution < 1.29 is 27.3 Å². The molecule has 0 aromatic heterocycles. The van der Waals surface area contributed by atoms with Crippen LogP contribution in [0.25, 0.3) is 0 Å². The zero-order chi connectivity index (χ0) is 13.8. The van der Waals surface area contributed by atoms with E-state index < -0.39 is 17.6 Å². The fraction of sp³-hybridized carbons (Fsp3) is 0.400. The highest BCUT2D eigenvalue weighted by Crippen LogP contribution is 2.04. The van der Waals surface area contributed by atoms with Crippen molar-refractivity contribution in [3.05, 3.63) is 24.3 Å². The van der Waals surface area contributed by atoms with Gasteiger partial charge in [0.15, 0.2) is 0 Å². The van der Waals surface area contributed by atoms with E-state index in [-0.39, 0.29) is 0 Å². The van der Waals surface area contributed by atoms with Crippen molar-refractivity contribution in [2.45, 2.75) is 0 Å². The maximum Gasteiger partial charge on any atom is 0.533 e. The van der Waals surface area contributed by atoms with Crippen LogP contribution in [0.5, 0.6) is 0 Å². The van der Waals surface area contributed by atoms with Crippen LogP contribution in [0.2, 0.25) is 0 Å². The summed E-state index contributed by atoms with van der Waals surface area (Å²) in [6.07, 6.45) is 0. The van der Waals surface area contributed by atoms with Crippen LogP contribution >= 0.6 is 0 Å². The Kier molecular flexibility index (Phi) is 5.19. The van der Waals surface area contributed by atoms with Crippen molar-refractivity contribution in [2.75, 3.05) is 28.4 Å². The molecular formula is C10H18O6Si2. The van der Waals surface area contributed by atoms with Crippen molar-refractivity contribution in [2.24, 2.45) is 0 Å². The van der Waals surface area contributed by atoms with Gasteiger partial charge in [0.05, 0.1) is 0 Å². The molecule has 2 N–H and O–H groups in total. The molecule has 0 atom stereocenters. The smallest absolute Gasteiger partial charge is 0.386 e. The van der Waals surface area contributed by atoms with Crippen LogP contribution in [0.3, 0.4) is 0 Å². The Bertz CT molecular complexity index is 337. The molecule has 102 valence electrons. The molecule has 1 aromatic rings. The summed E-state index contributed by atoms with van der Waals surface area (Å²) in [7, 11) is -1.10. The predicted molar refractivity (Wildman–Crippen MR) is 69.7 cm³/mol. The number of hydrogen-bond donors (Lipinski definition) is 2. The highest BCUT2D eigenvalue weighted by Gasteiger charge is 2.40. The van der Waals surface area contributed by atoms with Gasteiger partial charge in [-0.05, 0) is 0 Å². The van der Waals surface area contributed by atoms with Crippen molar-refractivity contribution in [1.82, 2.24) is 0 Å². The normalized spacial score (nSPS) is 12.8. The number of benzene rings is 1. The molecule has 0 aliphatic rings. The molecule has 1 aromatic carbocycles. The van der Waals surface area contributed by atoms with E-state index in [1.807, 2.05) is 0 Å². The van der Waals surface area contributed by atoms with Crippen molar-refractivity contribution in [1.29, 1.82) is 0 Å². The minimum atomic E-state index is -3.32. The lowest BCUT2D eigenvalue weighted by atomic mass is 10.4. The monoisotopic (exact) mass is 290 g/mol. The second kappa shape index (κ2) is 6.04. The maximum atomic E-state index is 10.1. The molecule has 0 heterocycles. The molecule has 0 radical (unpaired) electrons. The lowest BCUT2D eigenvalue weighted by Gasteiger charge is -2.22. The molecule has 0 aliphatic carbocycles. The topological polar surface area (TPSA) is 77.4 Å². The van der Waals surface area contributed by atoms with Gasteiger partial charge in [0, 0.05) is 38.8 Å². The summed E-state index contributed by atoms with van der Waals surface area (Å²) in [5.74, 6) is 0. The van der Waals surface area contributed by atoms with Crippen LogP contribution in [0.15, 0.2) is 24.3 Å². The third-order valence-corrected chi connectivity index (χ3v) is 7.06. The Hall–Kier alpha value is -0.586. The average molecular weight is 290 g/mol. The lowest BCUT2D eigenvalue weighted by molar-refractivity contribution is 0.167. The first-order chi connectivity index (χ1) is 8.45. The van der Waals surface area contributed by atoms with E-state index in [4.69, 9.17) is 17.7 Å². The molecule has 0 amide bonds. The maximum absolute atomic E-state index is 10.1. The Balaban J connectivity index is 3.06. The van der Waals surface area contributed by atoms with E-state index in [2.05, 4.69) is 0 Å². The third-order valence-electron chi connectivity index (χ3n) is 2.72. The van der Waals surface area contributed by atoms with Crippen LogP contribution in [0.1, 0.15) is 0 Å². The summed E-state index contributed by atoms with van der Waals surface area (Å²) in [5.41, 5.74) is 0. The molecule has 0 saturated carbocycles. The van der Waals surface area contributed by atoms with E-state index >= 15 is 0 Å². The van der Waals surface area contributed by atoms with Crippen LogP contribution in [-0.4, -0.2) is 55.6 Å². The molecule has 0 saturated heterocycles. The molecule has 6 nitrogen and oxygen atoms in total. The van der Waals surface area contributed by atoms with Crippen LogP contribution in [0.4, 0.5) is 0 Å². The quantitative estimate of drug-likeness (QED) is 0.624. The molecule has 0 bridgehead atoms. The van der Waals surface area contributed by atoms with Gasteiger partial charge < -0.3 is 27.3 Å². The molecule has 0 fully saturated rings. The first-order valence-electron chi connectivity index (χ1n) is 5.22. The number of hydrogen-bond acceptors (Lipinski definition) is 6. The predicted octanol–water partition coefficient (Wildman–Crippen LogP) is -1.45. The van der Waals surface area contributed by atoms with E-state index in [0.717, 1.165) is 0 Å². The highest BCUT2D eigenvalue weighted by atomic mass is 28.4. The first kappa shape index (κ1) is 15.5. The Morgan fingerprint density at radius 1 is 0.667 bits per heavy atom.